The number of halogens is 1. The number of aliphatic hydroxyl groups is 1. The molecule has 0 saturated heterocycles. The molecule has 2 heterocycles. The number of ether oxygens (including phenoxy) is 1. The van der Waals surface area contributed by atoms with Crippen LogP contribution in [-0.4, -0.2) is 18.1 Å². The molecule has 2 aromatic carbocycles. The summed E-state index contributed by atoms with van der Waals surface area (Å²) < 4.78 is 16.8. The molecule has 0 radical (unpaired) electrons. The summed E-state index contributed by atoms with van der Waals surface area (Å²) in [5, 5.41) is 12.6. The maximum absolute atomic E-state index is 12.4. The van der Waals surface area contributed by atoms with Gasteiger partial charge in [0.25, 0.3) is 0 Å². The molecule has 6 nitrogen and oxygen atoms in total. The van der Waals surface area contributed by atoms with Gasteiger partial charge in [-0.05, 0) is 54.6 Å². The Morgan fingerprint density at radius 3 is 2.56 bits per heavy atom. The van der Waals surface area contributed by atoms with Crippen molar-refractivity contribution in [3.05, 3.63) is 89.3 Å². The molecule has 162 valence electrons. The third-order valence-electron chi connectivity index (χ3n) is 4.72. The monoisotopic (exact) mass is 449 g/mol. The number of amides is 1. The normalized spacial score (nSPS) is 11.1. The van der Waals surface area contributed by atoms with Crippen LogP contribution in [0.15, 0.2) is 81.6 Å². The van der Waals surface area contributed by atoms with E-state index in [2.05, 4.69) is 5.32 Å². The number of hydrogen-bond acceptors (Lipinski definition) is 5. The Morgan fingerprint density at radius 1 is 1.03 bits per heavy atom. The minimum absolute atomic E-state index is 0.182. The molecule has 0 spiro atoms. The van der Waals surface area contributed by atoms with Crippen molar-refractivity contribution >= 4 is 29.3 Å². The van der Waals surface area contributed by atoms with E-state index in [0.717, 1.165) is 5.56 Å². The zero-order valence-electron chi connectivity index (χ0n) is 17.2. The molecule has 2 N–H and O–H groups in total. The van der Waals surface area contributed by atoms with Crippen LogP contribution in [0.5, 0.6) is 5.75 Å². The molecule has 0 saturated carbocycles. The first-order chi connectivity index (χ1) is 15.6. The number of rotatable bonds is 7. The Morgan fingerprint density at radius 2 is 1.81 bits per heavy atom. The van der Waals surface area contributed by atoms with Crippen LogP contribution < -0.4 is 10.1 Å². The van der Waals surface area contributed by atoms with Crippen molar-refractivity contribution in [3.63, 3.8) is 0 Å². The zero-order chi connectivity index (χ0) is 22.5. The van der Waals surface area contributed by atoms with Gasteiger partial charge in [0.15, 0.2) is 0 Å². The molecule has 4 rings (SSSR count). The van der Waals surface area contributed by atoms with E-state index in [-0.39, 0.29) is 12.5 Å². The van der Waals surface area contributed by atoms with Crippen molar-refractivity contribution in [3.8, 4) is 28.4 Å². The van der Waals surface area contributed by atoms with E-state index in [0.29, 0.717) is 45.1 Å². The van der Waals surface area contributed by atoms with Crippen LogP contribution in [0.2, 0.25) is 5.02 Å². The smallest absolute Gasteiger partial charge is 0.248 e. The van der Waals surface area contributed by atoms with E-state index in [1.165, 1.54) is 13.2 Å². The van der Waals surface area contributed by atoms with Crippen molar-refractivity contribution in [1.82, 2.24) is 0 Å². The maximum atomic E-state index is 12.4. The van der Waals surface area contributed by atoms with E-state index < -0.39 is 0 Å². The summed E-state index contributed by atoms with van der Waals surface area (Å²) in [6.45, 7) is -0.182. The predicted octanol–water partition coefficient (Wildman–Crippen LogP) is 6.01. The molecule has 0 fully saturated rings. The van der Waals surface area contributed by atoms with Gasteiger partial charge >= 0.3 is 0 Å². The molecule has 0 bridgehead atoms. The van der Waals surface area contributed by atoms with Crippen LogP contribution in [-0.2, 0) is 11.4 Å². The average molecular weight is 450 g/mol. The fourth-order valence-corrected chi connectivity index (χ4v) is 3.40. The molecule has 32 heavy (non-hydrogen) atoms. The second kappa shape index (κ2) is 9.60. The number of furan rings is 2. The van der Waals surface area contributed by atoms with Gasteiger partial charge in [0, 0.05) is 23.4 Å². The Hall–Kier alpha value is -3.74. The number of carbonyl (C=O) groups is 1. The summed E-state index contributed by atoms with van der Waals surface area (Å²) >= 11 is 6.20. The van der Waals surface area contributed by atoms with E-state index in [1.54, 1.807) is 54.6 Å². The Bertz CT molecular complexity index is 1270. The van der Waals surface area contributed by atoms with Gasteiger partial charge in [0.05, 0.1) is 17.7 Å². The highest BCUT2D eigenvalue weighted by Gasteiger charge is 2.12. The molecule has 0 aliphatic carbocycles. The molecular weight excluding hydrogens is 430 g/mol. The highest BCUT2D eigenvalue weighted by Crippen LogP contribution is 2.34. The first-order valence-corrected chi connectivity index (χ1v) is 10.2. The van der Waals surface area contributed by atoms with Crippen LogP contribution in [0.3, 0.4) is 0 Å². The lowest BCUT2D eigenvalue weighted by atomic mass is 10.1. The largest absolute Gasteiger partial charge is 0.496 e. The summed E-state index contributed by atoms with van der Waals surface area (Å²) in [5.41, 5.74) is 2.06. The Kier molecular flexibility index (Phi) is 6.44. The van der Waals surface area contributed by atoms with Crippen molar-refractivity contribution in [2.45, 2.75) is 6.61 Å². The number of anilines is 1. The highest BCUT2D eigenvalue weighted by atomic mass is 35.5. The number of aliphatic hydroxyl groups excluding tert-OH is 1. The minimum Gasteiger partial charge on any atom is -0.496 e. The van der Waals surface area contributed by atoms with Crippen LogP contribution >= 0.6 is 11.6 Å². The van der Waals surface area contributed by atoms with Crippen molar-refractivity contribution in [2.75, 3.05) is 12.4 Å². The predicted molar refractivity (Wildman–Crippen MR) is 123 cm³/mol. The molecule has 2 aromatic heterocycles. The minimum atomic E-state index is -0.323. The average Bonchev–Trinajstić information content (AvgIpc) is 3.48. The third kappa shape index (κ3) is 4.77. The molecule has 0 aliphatic rings. The number of hydrogen-bond donors (Lipinski definition) is 2. The van der Waals surface area contributed by atoms with Crippen molar-refractivity contribution in [1.29, 1.82) is 0 Å². The molecule has 0 aliphatic heterocycles. The zero-order valence-corrected chi connectivity index (χ0v) is 17.9. The summed E-state index contributed by atoms with van der Waals surface area (Å²) in [6.07, 6.45) is 2.97. The molecular formula is C25H20ClNO5. The quantitative estimate of drug-likeness (QED) is 0.337. The maximum Gasteiger partial charge on any atom is 0.248 e. The van der Waals surface area contributed by atoms with Crippen LogP contribution in [0.1, 0.15) is 11.5 Å². The fraction of sp³-hybridized carbons (Fsp3) is 0.0800. The fourth-order valence-electron chi connectivity index (χ4n) is 3.17. The standard InChI is InChI=1S/C25H20ClNO5/c1-30-24-14-16(6-10-20(24)23-12-8-18(15-28)32-23)27-25(29)13-9-17-7-11-22(31-17)19-4-2-3-5-21(19)26/h2-14,28H,15H2,1H3,(H,27,29)/b13-9+. The SMILES string of the molecule is COc1cc(NC(=O)/C=C/c2ccc(-c3ccccc3Cl)o2)ccc1-c1ccc(CO)o1. The van der Waals surface area contributed by atoms with Gasteiger partial charge in [-0.15, -0.1) is 0 Å². The van der Waals surface area contributed by atoms with Crippen LogP contribution in [0.25, 0.3) is 28.7 Å². The van der Waals surface area contributed by atoms with Crippen molar-refractivity contribution in [2.24, 2.45) is 0 Å². The van der Waals surface area contributed by atoms with E-state index in [1.807, 2.05) is 18.2 Å². The van der Waals surface area contributed by atoms with Gasteiger partial charge in [0.1, 0.15) is 35.4 Å². The summed E-state index contributed by atoms with van der Waals surface area (Å²) in [7, 11) is 1.54. The first kappa shape index (κ1) is 21.5. The van der Waals surface area contributed by atoms with Gasteiger partial charge in [-0.3, -0.25) is 4.79 Å². The number of carbonyl (C=O) groups excluding carboxylic acids is 1. The highest BCUT2D eigenvalue weighted by molar-refractivity contribution is 6.33. The number of nitrogens with one attached hydrogen (secondary N) is 1. The molecule has 4 aromatic rings. The third-order valence-corrected chi connectivity index (χ3v) is 5.05. The van der Waals surface area contributed by atoms with E-state index in [4.69, 9.17) is 25.2 Å². The van der Waals surface area contributed by atoms with E-state index >= 15 is 0 Å². The first-order valence-electron chi connectivity index (χ1n) is 9.79. The molecule has 0 unspecified atom stereocenters. The van der Waals surface area contributed by atoms with Gasteiger partial charge in [-0.2, -0.15) is 0 Å². The van der Waals surface area contributed by atoms with Gasteiger partial charge in [-0.1, -0.05) is 23.7 Å². The van der Waals surface area contributed by atoms with Gasteiger partial charge < -0.3 is 24.0 Å². The second-order valence-electron chi connectivity index (χ2n) is 6.84. The second-order valence-corrected chi connectivity index (χ2v) is 7.25. The summed E-state index contributed by atoms with van der Waals surface area (Å²) in [6, 6.07) is 19.6. The van der Waals surface area contributed by atoms with Gasteiger partial charge in [-0.25, -0.2) is 0 Å². The number of methoxy groups -OCH3 is 1. The van der Waals surface area contributed by atoms with Crippen LogP contribution in [0.4, 0.5) is 5.69 Å². The molecule has 0 atom stereocenters. The lowest BCUT2D eigenvalue weighted by Gasteiger charge is -2.09. The van der Waals surface area contributed by atoms with E-state index in [9.17, 15) is 9.90 Å². The van der Waals surface area contributed by atoms with Crippen molar-refractivity contribution < 1.29 is 23.5 Å². The lowest BCUT2D eigenvalue weighted by molar-refractivity contribution is -0.111. The topological polar surface area (TPSA) is 84.8 Å². The molecule has 1 amide bonds. The lowest BCUT2D eigenvalue weighted by Crippen LogP contribution is -2.07. The Labute approximate surface area is 189 Å². The molecule has 7 heteroatoms. The van der Waals surface area contributed by atoms with Gasteiger partial charge in [0.2, 0.25) is 5.91 Å². The van der Waals surface area contributed by atoms with Crippen LogP contribution in [0, 0.1) is 0 Å². The summed E-state index contributed by atoms with van der Waals surface area (Å²) in [5.74, 6) is 2.38. The number of benzene rings is 2. The Balaban J connectivity index is 1.45. The summed E-state index contributed by atoms with van der Waals surface area (Å²) in [4.78, 5) is 12.4.